The van der Waals surface area contributed by atoms with Crippen molar-refractivity contribution in [2.45, 2.75) is 37.8 Å². The van der Waals surface area contributed by atoms with Crippen LogP contribution in [0.4, 0.5) is 0 Å². The summed E-state index contributed by atoms with van der Waals surface area (Å²) in [7, 11) is 0. The third-order valence-corrected chi connectivity index (χ3v) is 6.25. The lowest BCUT2D eigenvalue weighted by Gasteiger charge is -2.38. The van der Waals surface area contributed by atoms with Crippen LogP contribution in [0, 0.1) is 0 Å². The highest BCUT2D eigenvalue weighted by Gasteiger charge is 2.34. The molecule has 2 aliphatic rings. The molecule has 1 saturated heterocycles. The Labute approximate surface area is 187 Å². The second-order valence-corrected chi connectivity index (χ2v) is 8.04. The summed E-state index contributed by atoms with van der Waals surface area (Å²) in [5.74, 6) is 1.25. The molecule has 8 nitrogen and oxygen atoms in total. The summed E-state index contributed by atoms with van der Waals surface area (Å²) < 4.78 is 7.34. The topological polar surface area (TPSA) is 80.3 Å². The fourth-order valence-electron chi connectivity index (χ4n) is 4.69. The van der Waals surface area contributed by atoms with E-state index < -0.39 is 0 Å². The first-order valence-corrected chi connectivity index (χ1v) is 10.7. The molecular formula is C22H27ClN6O2. The summed E-state index contributed by atoms with van der Waals surface area (Å²) in [5, 5.41) is 12.9. The van der Waals surface area contributed by atoms with Crippen LogP contribution < -0.4 is 0 Å². The molecule has 1 saturated carbocycles. The molecule has 1 aliphatic carbocycles. The van der Waals surface area contributed by atoms with Gasteiger partial charge in [-0.25, -0.2) is 4.68 Å². The first-order chi connectivity index (χ1) is 14.8. The molecule has 1 aromatic carbocycles. The number of tetrazole rings is 1. The van der Waals surface area contributed by atoms with Crippen molar-refractivity contribution in [3.63, 3.8) is 0 Å². The number of carbonyl (C=O) groups excluding carboxylic acids is 1. The molecule has 2 fully saturated rings. The van der Waals surface area contributed by atoms with Gasteiger partial charge in [-0.2, -0.15) is 0 Å². The highest BCUT2D eigenvalue weighted by atomic mass is 35.5. The summed E-state index contributed by atoms with van der Waals surface area (Å²) >= 11 is 0. The van der Waals surface area contributed by atoms with Crippen molar-refractivity contribution >= 4 is 18.3 Å². The number of halogens is 1. The molecule has 1 unspecified atom stereocenters. The SMILES string of the molecule is Cl.O=C(c1ccco1)N1CCN(C(c2ccccc2)c2nnnn2C2CCCC2)CC1. The molecular weight excluding hydrogens is 416 g/mol. The monoisotopic (exact) mass is 442 g/mol. The Kier molecular flexibility index (Phi) is 6.67. The molecule has 1 atom stereocenters. The van der Waals surface area contributed by atoms with E-state index in [-0.39, 0.29) is 24.4 Å². The van der Waals surface area contributed by atoms with Crippen molar-refractivity contribution in [1.29, 1.82) is 0 Å². The van der Waals surface area contributed by atoms with Crippen LogP contribution in [-0.4, -0.2) is 62.1 Å². The number of furan rings is 1. The highest BCUT2D eigenvalue weighted by Crippen LogP contribution is 2.34. The van der Waals surface area contributed by atoms with Crippen molar-refractivity contribution in [2.75, 3.05) is 26.2 Å². The maximum atomic E-state index is 12.6. The zero-order valence-electron chi connectivity index (χ0n) is 17.3. The van der Waals surface area contributed by atoms with Gasteiger partial charge < -0.3 is 9.32 Å². The number of hydrogen-bond donors (Lipinski definition) is 0. The van der Waals surface area contributed by atoms with E-state index in [1.165, 1.54) is 24.7 Å². The zero-order valence-corrected chi connectivity index (χ0v) is 18.2. The molecule has 3 aromatic rings. The van der Waals surface area contributed by atoms with E-state index in [0.717, 1.165) is 31.8 Å². The predicted molar refractivity (Wildman–Crippen MR) is 117 cm³/mol. The predicted octanol–water partition coefficient (Wildman–Crippen LogP) is 3.35. The average molecular weight is 443 g/mol. The Balaban J connectivity index is 0.00000231. The molecule has 1 amide bonds. The van der Waals surface area contributed by atoms with Crippen LogP contribution in [0.5, 0.6) is 0 Å². The minimum Gasteiger partial charge on any atom is -0.459 e. The third kappa shape index (κ3) is 4.36. The van der Waals surface area contributed by atoms with E-state index in [1.807, 2.05) is 15.6 Å². The number of rotatable bonds is 5. The van der Waals surface area contributed by atoms with Crippen molar-refractivity contribution in [3.05, 3.63) is 65.9 Å². The number of carbonyl (C=O) groups is 1. The molecule has 2 aromatic heterocycles. The van der Waals surface area contributed by atoms with Crippen LogP contribution in [0.15, 0.2) is 53.1 Å². The van der Waals surface area contributed by atoms with Crippen molar-refractivity contribution in [2.24, 2.45) is 0 Å². The van der Waals surface area contributed by atoms with Crippen LogP contribution in [-0.2, 0) is 0 Å². The van der Waals surface area contributed by atoms with Gasteiger partial charge in [0.25, 0.3) is 5.91 Å². The number of piperazine rings is 1. The second kappa shape index (κ2) is 9.62. The quantitative estimate of drug-likeness (QED) is 0.602. The van der Waals surface area contributed by atoms with E-state index in [2.05, 4.69) is 44.7 Å². The third-order valence-electron chi connectivity index (χ3n) is 6.25. The lowest BCUT2D eigenvalue weighted by atomic mass is 10.0. The van der Waals surface area contributed by atoms with Gasteiger partial charge in [0.15, 0.2) is 11.6 Å². The van der Waals surface area contributed by atoms with Crippen LogP contribution in [0.3, 0.4) is 0 Å². The summed E-state index contributed by atoms with van der Waals surface area (Å²) in [4.78, 5) is 16.9. The number of amides is 1. The fourth-order valence-corrected chi connectivity index (χ4v) is 4.69. The molecule has 9 heteroatoms. The Morgan fingerprint density at radius 3 is 2.42 bits per heavy atom. The minimum absolute atomic E-state index is 0. The van der Waals surface area contributed by atoms with Crippen molar-refractivity contribution in [3.8, 4) is 0 Å². The second-order valence-electron chi connectivity index (χ2n) is 8.04. The van der Waals surface area contributed by atoms with E-state index in [1.54, 1.807) is 12.1 Å². The highest BCUT2D eigenvalue weighted by molar-refractivity contribution is 5.91. The Morgan fingerprint density at radius 1 is 1.00 bits per heavy atom. The smallest absolute Gasteiger partial charge is 0.289 e. The normalized spacial score (nSPS) is 18.6. The number of aromatic nitrogens is 4. The largest absolute Gasteiger partial charge is 0.459 e. The van der Waals surface area contributed by atoms with Gasteiger partial charge in [0.05, 0.1) is 18.3 Å². The molecule has 0 N–H and O–H groups in total. The molecule has 164 valence electrons. The first kappa shape index (κ1) is 21.5. The molecule has 0 radical (unpaired) electrons. The van der Waals surface area contributed by atoms with E-state index in [0.29, 0.717) is 24.9 Å². The van der Waals surface area contributed by atoms with Gasteiger partial charge in [0, 0.05) is 26.2 Å². The van der Waals surface area contributed by atoms with Crippen LogP contribution >= 0.6 is 12.4 Å². The van der Waals surface area contributed by atoms with Gasteiger partial charge >= 0.3 is 0 Å². The van der Waals surface area contributed by atoms with Crippen molar-refractivity contribution < 1.29 is 9.21 Å². The summed E-state index contributed by atoms with van der Waals surface area (Å²) in [6, 6.07) is 14.2. The molecule has 31 heavy (non-hydrogen) atoms. The summed E-state index contributed by atoms with van der Waals surface area (Å²) in [5.41, 5.74) is 1.18. The standard InChI is InChI=1S/C22H26N6O2.ClH/c29-22(19-11-6-16-30-19)27-14-12-26(13-15-27)20(17-7-2-1-3-8-17)21-23-24-25-28(21)18-9-4-5-10-18;/h1-3,6-8,11,16,18,20H,4-5,9-10,12-15H2;1H. The Bertz CT molecular complexity index is 963. The van der Waals surface area contributed by atoms with E-state index in [9.17, 15) is 4.79 Å². The van der Waals surface area contributed by atoms with Gasteiger partial charge in [0.1, 0.15) is 0 Å². The number of nitrogens with zero attached hydrogens (tertiary/aromatic N) is 6. The van der Waals surface area contributed by atoms with E-state index >= 15 is 0 Å². The van der Waals surface area contributed by atoms with E-state index in [4.69, 9.17) is 4.42 Å². The molecule has 0 bridgehead atoms. The maximum absolute atomic E-state index is 12.6. The van der Waals surface area contributed by atoms with Gasteiger partial charge in [0.2, 0.25) is 0 Å². The fraction of sp³-hybridized carbons (Fsp3) is 0.455. The molecule has 3 heterocycles. The maximum Gasteiger partial charge on any atom is 0.289 e. The minimum atomic E-state index is -0.0494. The molecule has 1 aliphatic heterocycles. The van der Waals surface area contributed by atoms with Crippen molar-refractivity contribution in [1.82, 2.24) is 30.0 Å². The molecule has 5 rings (SSSR count). The number of hydrogen-bond acceptors (Lipinski definition) is 6. The first-order valence-electron chi connectivity index (χ1n) is 10.7. The number of benzene rings is 1. The van der Waals surface area contributed by atoms with Gasteiger partial charge in [-0.15, -0.1) is 17.5 Å². The molecule has 0 spiro atoms. The van der Waals surface area contributed by atoms with Gasteiger partial charge in [-0.05, 0) is 41.0 Å². The summed E-state index contributed by atoms with van der Waals surface area (Å²) in [6.07, 6.45) is 6.26. The summed E-state index contributed by atoms with van der Waals surface area (Å²) in [6.45, 7) is 2.80. The lowest BCUT2D eigenvalue weighted by Crippen LogP contribution is -2.50. The van der Waals surface area contributed by atoms with Gasteiger partial charge in [-0.3, -0.25) is 9.69 Å². The van der Waals surface area contributed by atoms with Crippen LogP contribution in [0.25, 0.3) is 0 Å². The average Bonchev–Trinajstić information content (AvgIpc) is 3.57. The zero-order chi connectivity index (χ0) is 20.3. The lowest BCUT2D eigenvalue weighted by molar-refractivity contribution is 0.0558. The Hall–Kier alpha value is -2.71. The Morgan fingerprint density at radius 2 is 1.74 bits per heavy atom. The van der Waals surface area contributed by atoms with Crippen LogP contribution in [0.1, 0.15) is 59.7 Å². The van der Waals surface area contributed by atoms with Crippen LogP contribution in [0.2, 0.25) is 0 Å². The van der Waals surface area contributed by atoms with Gasteiger partial charge in [-0.1, -0.05) is 43.2 Å².